The molecule has 10 nitrogen and oxygen atoms in total. The van der Waals surface area contributed by atoms with Crippen molar-refractivity contribution in [1.29, 1.82) is 0 Å². The third-order valence-electron chi connectivity index (χ3n) is 4.87. The molecule has 2 aromatic carbocycles. The molecule has 4 rings (SSSR count). The van der Waals surface area contributed by atoms with E-state index < -0.39 is 17.9 Å². The minimum Gasteiger partial charge on any atom is -0.464 e. The highest BCUT2D eigenvalue weighted by molar-refractivity contribution is 5.87. The molecule has 3 N–H and O–H groups in total. The van der Waals surface area contributed by atoms with Crippen LogP contribution in [0.15, 0.2) is 59.2 Å². The largest absolute Gasteiger partial charge is 0.464 e. The Morgan fingerprint density at radius 2 is 1.88 bits per heavy atom. The Labute approximate surface area is 183 Å². The van der Waals surface area contributed by atoms with Crippen LogP contribution in [0.1, 0.15) is 12.5 Å². The second-order valence-corrected chi connectivity index (χ2v) is 7.07. The molecule has 0 bridgehead atoms. The van der Waals surface area contributed by atoms with Gasteiger partial charge in [0.05, 0.1) is 17.6 Å². The molecule has 0 fully saturated rings. The van der Waals surface area contributed by atoms with Crippen molar-refractivity contribution in [3.05, 3.63) is 60.2 Å². The average molecular weight is 434 g/mol. The Bertz CT molecular complexity index is 1230. The van der Waals surface area contributed by atoms with Gasteiger partial charge in [0.25, 0.3) is 0 Å². The lowest BCUT2D eigenvalue weighted by atomic mass is 10.1. The number of rotatable bonds is 8. The first-order valence-electron chi connectivity index (χ1n) is 10.1. The summed E-state index contributed by atoms with van der Waals surface area (Å²) in [7, 11) is 0. The number of aromatic nitrogens is 4. The molecule has 1 atom stereocenters. The first kappa shape index (κ1) is 21.0. The number of imidazole rings is 1. The summed E-state index contributed by atoms with van der Waals surface area (Å²) in [6, 6.07) is 15.9. The summed E-state index contributed by atoms with van der Waals surface area (Å²) in [6.07, 6.45) is 0.309. The van der Waals surface area contributed by atoms with Crippen LogP contribution in [0.2, 0.25) is 0 Å². The second kappa shape index (κ2) is 9.29. The Morgan fingerprint density at radius 1 is 1.12 bits per heavy atom. The summed E-state index contributed by atoms with van der Waals surface area (Å²) in [5, 5.41) is 10.2. The number of nitrogens with two attached hydrogens (primary N) is 1. The van der Waals surface area contributed by atoms with Crippen molar-refractivity contribution in [2.75, 3.05) is 12.3 Å². The lowest BCUT2D eigenvalue weighted by Gasteiger charge is -2.18. The normalized spacial score (nSPS) is 11.9. The highest BCUT2D eigenvalue weighted by Crippen LogP contribution is 2.26. The number of benzene rings is 2. The number of carbonyl (C=O) groups is 2. The molecule has 0 aliphatic heterocycles. The van der Waals surface area contributed by atoms with Crippen LogP contribution in [0.5, 0.6) is 0 Å². The number of hydrogen-bond donors (Lipinski definition) is 2. The molecule has 0 saturated carbocycles. The van der Waals surface area contributed by atoms with E-state index in [0.29, 0.717) is 23.3 Å². The quantitative estimate of drug-likeness (QED) is 0.401. The topological polar surface area (TPSA) is 138 Å². The number of fused-ring (bicyclic) bond motifs is 1. The van der Waals surface area contributed by atoms with Gasteiger partial charge in [-0.05, 0) is 34.9 Å². The van der Waals surface area contributed by atoms with Crippen molar-refractivity contribution in [2.45, 2.75) is 25.9 Å². The maximum absolute atomic E-state index is 13.0. The SMILES string of the molecule is CCOC(=O)[C@H](Cc1ccccc1)NC(=O)Cn1c(-c2nonc2N)nc2ccccc21. The van der Waals surface area contributed by atoms with Gasteiger partial charge in [0.2, 0.25) is 5.91 Å². The highest BCUT2D eigenvalue weighted by Gasteiger charge is 2.25. The van der Waals surface area contributed by atoms with E-state index in [9.17, 15) is 9.59 Å². The summed E-state index contributed by atoms with van der Waals surface area (Å²) >= 11 is 0. The van der Waals surface area contributed by atoms with Crippen LogP contribution in [-0.4, -0.2) is 44.4 Å². The third kappa shape index (κ3) is 4.43. The Morgan fingerprint density at radius 3 is 2.59 bits per heavy atom. The number of esters is 1. The lowest BCUT2D eigenvalue weighted by Crippen LogP contribution is -2.44. The maximum atomic E-state index is 13.0. The fourth-order valence-electron chi connectivity index (χ4n) is 3.44. The van der Waals surface area contributed by atoms with Gasteiger partial charge in [-0.2, -0.15) is 0 Å². The van der Waals surface area contributed by atoms with Gasteiger partial charge in [0.15, 0.2) is 17.3 Å². The molecule has 0 saturated heterocycles. The van der Waals surface area contributed by atoms with E-state index >= 15 is 0 Å². The summed E-state index contributed by atoms with van der Waals surface area (Å²) in [4.78, 5) is 30.0. The van der Waals surface area contributed by atoms with Crippen molar-refractivity contribution in [3.63, 3.8) is 0 Å². The average Bonchev–Trinajstić information content (AvgIpc) is 3.37. The lowest BCUT2D eigenvalue weighted by molar-refractivity contribution is -0.147. The van der Waals surface area contributed by atoms with Crippen LogP contribution < -0.4 is 11.1 Å². The molecule has 2 aromatic heterocycles. The minimum atomic E-state index is -0.832. The Balaban J connectivity index is 1.61. The molecule has 2 heterocycles. The molecule has 0 radical (unpaired) electrons. The first-order valence-corrected chi connectivity index (χ1v) is 10.1. The van der Waals surface area contributed by atoms with E-state index in [1.54, 1.807) is 11.5 Å². The number of hydrogen-bond acceptors (Lipinski definition) is 8. The zero-order valence-electron chi connectivity index (χ0n) is 17.4. The van der Waals surface area contributed by atoms with Gasteiger partial charge >= 0.3 is 5.97 Å². The highest BCUT2D eigenvalue weighted by atomic mass is 16.6. The second-order valence-electron chi connectivity index (χ2n) is 7.07. The van der Waals surface area contributed by atoms with E-state index in [1.807, 2.05) is 54.6 Å². The number of nitrogens with one attached hydrogen (secondary N) is 1. The van der Waals surface area contributed by atoms with E-state index in [-0.39, 0.29) is 24.7 Å². The summed E-state index contributed by atoms with van der Waals surface area (Å²) in [6.45, 7) is 1.82. The molecule has 0 spiro atoms. The van der Waals surface area contributed by atoms with Crippen molar-refractivity contribution >= 4 is 28.7 Å². The molecular weight excluding hydrogens is 412 g/mol. The predicted molar refractivity (Wildman–Crippen MR) is 116 cm³/mol. The van der Waals surface area contributed by atoms with E-state index in [2.05, 4.69) is 20.6 Å². The molecule has 0 aliphatic rings. The zero-order valence-corrected chi connectivity index (χ0v) is 17.4. The van der Waals surface area contributed by atoms with E-state index in [0.717, 1.165) is 5.56 Å². The number of carbonyl (C=O) groups excluding carboxylic acids is 2. The number of amides is 1. The molecule has 164 valence electrons. The smallest absolute Gasteiger partial charge is 0.328 e. The Kier molecular flexibility index (Phi) is 6.11. The monoisotopic (exact) mass is 434 g/mol. The van der Waals surface area contributed by atoms with Crippen LogP contribution in [0.4, 0.5) is 5.82 Å². The molecular formula is C22H22N6O4. The number of para-hydroxylation sites is 2. The van der Waals surface area contributed by atoms with Crippen molar-refractivity contribution < 1.29 is 19.0 Å². The standard InChI is InChI=1S/C22H22N6O4/c1-2-31-22(30)16(12-14-8-4-3-5-9-14)24-18(29)13-28-17-11-7-6-10-15(17)25-21(28)19-20(23)27-32-26-19/h3-11,16H,2,12-13H2,1H3,(H2,23,27)(H,24,29)/t16-/m0/s1. The van der Waals surface area contributed by atoms with E-state index in [4.69, 9.17) is 15.1 Å². The van der Waals surface area contributed by atoms with Crippen LogP contribution in [0.3, 0.4) is 0 Å². The molecule has 0 unspecified atom stereocenters. The molecule has 1 amide bonds. The van der Waals surface area contributed by atoms with Gasteiger partial charge in [0, 0.05) is 6.42 Å². The number of nitrogen functional groups attached to an aromatic ring is 1. The van der Waals surface area contributed by atoms with Crippen molar-refractivity contribution in [1.82, 2.24) is 25.2 Å². The van der Waals surface area contributed by atoms with Gasteiger partial charge in [-0.15, -0.1) is 0 Å². The van der Waals surface area contributed by atoms with Gasteiger partial charge in [-0.1, -0.05) is 42.5 Å². The zero-order chi connectivity index (χ0) is 22.5. The molecule has 4 aromatic rings. The van der Waals surface area contributed by atoms with Crippen molar-refractivity contribution in [3.8, 4) is 11.5 Å². The van der Waals surface area contributed by atoms with Gasteiger partial charge < -0.3 is 20.4 Å². The number of ether oxygens (including phenoxy) is 1. The van der Waals surface area contributed by atoms with Gasteiger partial charge in [-0.25, -0.2) is 14.4 Å². The van der Waals surface area contributed by atoms with Crippen LogP contribution in [-0.2, 0) is 27.3 Å². The maximum Gasteiger partial charge on any atom is 0.328 e. The fraction of sp³-hybridized carbons (Fsp3) is 0.227. The first-order chi connectivity index (χ1) is 15.6. The third-order valence-corrected chi connectivity index (χ3v) is 4.87. The van der Waals surface area contributed by atoms with Crippen LogP contribution in [0.25, 0.3) is 22.6 Å². The summed E-state index contributed by atoms with van der Waals surface area (Å²) in [5.41, 5.74) is 8.35. The number of anilines is 1. The fourth-order valence-corrected chi connectivity index (χ4v) is 3.44. The predicted octanol–water partition coefficient (Wildman–Crippen LogP) is 1.96. The summed E-state index contributed by atoms with van der Waals surface area (Å²) < 4.78 is 11.5. The summed E-state index contributed by atoms with van der Waals surface area (Å²) in [5.74, 6) is -0.477. The van der Waals surface area contributed by atoms with Gasteiger partial charge in [0.1, 0.15) is 12.6 Å². The molecule has 32 heavy (non-hydrogen) atoms. The van der Waals surface area contributed by atoms with Gasteiger partial charge in [-0.3, -0.25) is 4.79 Å². The Hall–Kier alpha value is -4.21. The number of nitrogens with zero attached hydrogens (tertiary/aromatic N) is 4. The minimum absolute atomic E-state index is 0.0652. The van der Waals surface area contributed by atoms with E-state index in [1.165, 1.54) is 0 Å². The molecule has 0 aliphatic carbocycles. The van der Waals surface area contributed by atoms with Crippen LogP contribution in [0, 0.1) is 0 Å². The van der Waals surface area contributed by atoms with Crippen LogP contribution >= 0.6 is 0 Å². The molecule has 10 heteroatoms. The van der Waals surface area contributed by atoms with Crippen molar-refractivity contribution in [2.24, 2.45) is 0 Å².